The molecule has 3 heterocycles. The maximum atomic E-state index is 13.6. The summed E-state index contributed by atoms with van der Waals surface area (Å²) in [5.41, 5.74) is 11.5. The Labute approximate surface area is 155 Å². The van der Waals surface area contributed by atoms with Crippen LogP contribution in [0.2, 0.25) is 0 Å². The number of thioether (sulfide) groups is 1. The molecule has 3 aromatic heterocycles. The lowest BCUT2D eigenvalue weighted by molar-refractivity contribution is -0.136. The van der Waals surface area contributed by atoms with Gasteiger partial charge in [0.05, 0.1) is 27.8 Å². The lowest BCUT2D eigenvalue weighted by atomic mass is 10.1. The lowest BCUT2D eigenvalue weighted by Gasteiger charge is -2.11. The third-order valence-corrected chi connectivity index (χ3v) is 5.92. The Balaban J connectivity index is 2.16. The molecule has 0 radical (unpaired) electrons. The van der Waals surface area contributed by atoms with Crippen molar-refractivity contribution in [3.63, 3.8) is 0 Å². The zero-order chi connectivity index (χ0) is 18.9. The fourth-order valence-electron chi connectivity index (χ4n) is 2.35. The van der Waals surface area contributed by atoms with Crippen LogP contribution in [0.4, 0.5) is 24.7 Å². The number of fused-ring (bicyclic) bond motifs is 1. The average molecular weight is 400 g/mol. The number of hydrogen-bond donors (Lipinski definition) is 2. The van der Waals surface area contributed by atoms with Crippen LogP contribution < -0.4 is 11.5 Å². The van der Waals surface area contributed by atoms with Gasteiger partial charge in [-0.05, 0) is 18.2 Å². The van der Waals surface area contributed by atoms with Crippen LogP contribution in [0, 0.1) is 0 Å². The molecule has 4 N–H and O–H groups in total. The van der Waals surface area contributed by atoms with Gasteiger partial charge in [0.15, 0.2) is 0 Å². The fraction of sp³-hybridized carbons (Fsp3) is 0.250. The Bertz CT molecular complexity index is 926. The van der Waals surface area contributed by atoms with Crippen molar-refractivity contribution in [1.82, 2.24) is 9.97 Å². The highest BCUT2D eigenvalue weighted by Gasteiger charge is 2.35. The van der Waals surface area contributed by atoms with Gasteiger partial charge in [0.25, 0.3) is 0 Å². The number of rotatable bonds is 5. The molecule has 3 aromatic rings. The Hall–Kier alpha value is -2.04. The number of hydrogen-bond acceptors (Lipinski definition) is 7. The van der Waals surface area contributed by atoms with Gasteiger partial charge in [0.2, 0.25) is 0 Å². The van der Waals surface area contributed by atoms with Gasteiger partial charge in [-0.2, -0.15) is 13.2 Å². The summed E-state index contributed by atoms with van der Waals surface area (Å²) in [6, 6.07) is 4.10. The number of nitrogen functional groups attached to an aromatic ring is 2. The highest BCUT2D eigenvalue weighted by atomic mass is 32.2. The number of thiophene rings is 1. The van der Waals surface area contributed by atoms with Gasteiger partial charge in [0.1, 0.15) is 10.6 Å². The van der Waals surface area contributed by atoms with E-state index in [1.54, 1.807) is 13.2 Å². The number of nitrogens with zero attached hydrogens (tertiary/aromatic N) is 2. The minimum atomic E-state index is -4.55. The minimum Gasteiger partial charge on any atom is -0.397 e. The number of anilines is 2. The van der Waals surface area contributed by atoms with E-state index in [2.05, 4.69) is 9.97 Å². The van der Waals surface area contributed by atoms with Gasteiger partial charge in [-0.25, -0.2) is 9.97 Å². The molecule has 0 saturated carbocycles. The summed E-state index contributed by atoms with van der Waals surface area (Å²) in [5.74, 6) is 0.868. The number of ether oxygens (including phenoxy) is 1. The normalized spacial score (nSPS) is 12.0. The molecule has 5 nitrogen and oxygen atoms in total. The van der Waals surface area contributed by atoms with E-state index in [-0.39, 0.29) is 27.4 Å². The molecule has 0 amide bonds. The molecule has 138 valence electrons. The first-order chi connectivity index (χ1) is 12.3. The summed E-state index contributed by atoms with van der Waals surface area (Å²) >= 11 is 2.50. The quantitative estimate of drug-likeness (QED) is 0.491. The van der Waals surface area contributed by atoms with Crippen LogP contribution >= 0.6 is 23.1 Å². The van der Waals surface area contributed by atoms with Crippen molar-refractivity contribution < 1.29 is 17.9 Å². The number of alkyl halides is 3. The molecule has 10 heteroatoms. The Kier molecular flexibility index (Phi) is 5.26. The number of aromatic nitrogens is 2. The van der Waals surface area contributed by atoms with Crippen LogP contribution in [-0.4, -0.2) is 29.4 Å². The smallest absolute Gasteiger partial charge is 0.397 e. The van der Waals surface area contributed by atoms with Crippen molar-refractivity contribution in [1.29, 1.82) is 0 Å². The summed E-state index contributed by atoms with van der Waals surface area (Å²) in [7, 11) is 1.56. The van der Waals surface area contributed by atoms with E-state index >= 15 is 0 Å². The zero-order valence-electron chi connectivity index (χ0n) is 13.6. The lowest BCUT2D eigenvalue weighted by Crippen LogP contribution is -2.07. The van der Waals surface area contributed by atoms with Gasteiger partial charge in [-0.3, -0.25) is 0 Å². The maximum Gasteiger partial charge on any atom is 0.417 e. The van der Waals surface area contributed by atoms with Crippen molar-refractivity contribution in [2.45, 2.75) is 10.4 Å². The zero-order valence-corrected chi connectivity index (χ0v) is 15.3. The van der Waals surface area contributed by atoms with Crippen molar-refractivity contribution in [2.75, 3.05) is 30.9 Å². The predicted molar refractivity (Wildman–Crippen MR) is 99.3 cm³/mol. The molecular formula is C16H15F3N4OS2. The number of nitrogens with two attached hydrogens (primary N) is 2. The Morgan fingerprint density at radius 2 is 2.04 bits per heavy atom. The molecule has 26 heavy (non-hydrogen) atoms. The van der Waals surface area contributed by atoms with Crippen LogP contribution in [0.15, 0.2) is 28.6 Å². The second kappa shape index (κ2) is 7.29. The number of pyridine rings is 2. The van der Waals surface area contributed by atoms with Gasteiger partial charge in [0, 0.05) is 30.0 Å². The average Bonchev–Trinajstić information content (AvgIpc) is 2.90. The molecule has 0 aliphatic carbocycles. The third kappa shape index (κ3) is 3.71. The van der Waals surface area contributed by atoms with Crippen LogP contribution in [0.5, 0.6) is 0 Å². The second-order valence-electron chi connectivity index (χ2n) is 5.35. The number of halogens is 3. The van der Waals surface area contributed by atoms with E-state index in [0.29, 0.717) is 22.1 Å². The van der Waals surface area contributed by atoms with E-state index in [1.165, 1.54) is 24.0 Å². The molecule has 0 atom stereocenters. The highest BCUT2D eigenvalue weighted by molar-refractivity contribution is 8.01. The summed E-state index contributed by atoms with van der Waals surface area (Å²) in [5, 5.41) is -0.0606. The van der Waals surface area contributed by atoms with Crippen molar-refractivity contribution in [3.8, 4) is 11.3 Å². The number of methoxy groups -OCH3 is 1. The molecule has 0 aliphatic rings. The van der Waals surface area contributed by atoms with Gasteiger partial charge in [-0.15, -0.1) is 23.1 Å². The van der Waals surface area contributed by atoms with Crippen molar-refractivity contribution in [2.24, 2.45) is 0 Å². The van der Waals surface area contributed by atoms with Crippen LogP contribution in [0.1, 0.15) is 5.56 Å². The van der Waals surface area contributed by atoms with E-state index in [0.717, 1.165) is 17.4 Å². The first kappa shape index (κ1) is 18.7. The predicted octanol–water partition coefficient (Wildman–Crippen LogP) is 4.28. The molecule has 0 bridgehead atoms. The molecular weight excluding hydrogens is 385 g/mol. The largest absolute Gasteiger partial charge is 0.417 e. The second-order valence-corrected chi connectivity index (χ2v) is 7.71. The van der Waals surface area contributed by atoms with Crippen LogP contribution in [0.3, 0.4) is 0 Å². The van der Waals surface area contributed by atoms with E-state index in [1.807, 2.05) is 0 Å². The van der Waals surface area contributed by atoms with Crippen LogP contribution in [0.25, 0.3) is 21.5 Å². The SMILES string of the molecule is COCCSc1sc2nc(-c3ccc(N)nc3)cc(C(F)(F)F)c2c1N. The highest BCUT2D eigenvalue weighted by Crippen LogP contribution is 2.46. The van der Waals surface area contributed by atoms with E-state index in [4.69, 9.17) is 16.2 Å². The molecule has 0 unspecified atom stereocenters. The standard InChI is InChI=1S/C16H15F3N4OS2/c1-24-4-5-25-15-13(21)12-9(16(17,18)19)6-10(23-14(12)26-15)8-2-3-11(20)22-7-8/h2-3,6-7H,4-5,21H2,1H3,(H2,20,22). The maximum absolute atomic E-state index is 13.6. The summed E-state index contributed by atoms with van der Waals surface area (Å²) in [6.07, 6.45) is -3.16. The van der Waals surface area contributed by atoms with Gasteiger partial charge in [-0.1, -0.05) is 0 Å². The molecule has 0 spiro atoms. The van der Waals surface area contributed by atoms with Gasteiger partial charge < -0.3 is 16.2 Å². The molecule has 0 fully saturated rings. The van der Waals surface area contributed by atoms with E-state index < -0.39 is 11.7 Å². The summed E-state index contributed by atoms with van der Waals surface area (Å²) < 4.78 is 46.5. The minimum absolute atomic E-state index is 0.0606. The van der Waals surface area contributed by atoms with E-state index in [9.17, 15) is 13.2 Å². The van der Waals surface area contributed by atoms with Crippen molar-refractivity contribution >= 4 is 44.8 Å². The molecule has 3 rings (SSSR count). The van der Waals surface area contributed by atoms with Crippen molar-refractivity contribution in [3.05, 3.63) is 30.0 Å². The third-order valence-electron chi connectivity index (χ3n) is 3.57. The molecule has 0 saturated heterocycles. The fourth-order valence-corrected chi connectivity index (χ4v) is 4.62. The molecule has 0 aromatic carbocycles. The first-order valence-electron chi connectivity index (χ1n) is 7.45. The Morgan fingerprint density at radius 1 is 1.27 bits per heavy atom. The topological polar surface area (TPSA) is 87.0 Å². The first-order valence-corrected chi connectivity index (χ1v) is 9.25. The molecule has 0 aliphatic heterocycles. The Morgan fingerprint density at radius 3 is 2.65 bits per heavy atom. The van der Waals surface area contributed by atoms with Crippen LogP contribution in [-0.2, 0) is 10.9 Å². The monoisotopic (exact) mass is 400 g/mol. The summed E-state index contributed by atoms with van der Waals surface area (Å²) in [6.45, 7) is 0.472. The van der Waals surface area contributed by atoms with Gasteiger partial charge >= 0.3 is 6.18 Å². The summed E-state index contributed by atoms with van der Waals surface area (Å²) in [4.78, 5) is 8.53.